The average Bonchev–Trinajstić information content (AvgIpc) is 2.56. The van der Waals surface area contributed by atoms with Crippen LogP contribution in [0.1, 0.15) is 123 Å². The Balaban J connectivity index is 0.000000206. The van der Waals surface area contributed by atoms with Crippen molar-refractivity contribution in [2.45, 2.75) is 119 Å². The molecule has 0 bridgehead atoms. The Morgan fingerprint density at radius 1 is 0.694 bits per heavy atom. The monoisotopic (exact) mass is 1160 g/mol. The third kappa shape index (κ3) is 13.3. The van der Waals surface area contributed by atoms with E-state index in [2.05, 4.69) is 130 Å². The third-order valence-electron chi connectivity index (χ3n) is 17.0. The number of carbonyl (C=O) groups is 3. The third-order valence-corrected chi connectivity index (χ3v) is 17.0. The van der Waals surface area contributed by atoms with Crippen LogP contribution in [-0.2, 0) is 23.1 Å². The first-order valence-electron chi connectivity index (χ1n) is 29.9. The van der Waals surface area contributed by atoms with E-state index < -0.39 is 5.60 Å². The van der Waals surface area contributed by atoms with Crippen molar-refractivity contribution in [3.8, 4) is 28.1 Å². The molecule has 3 aliphatic heterocycles. The molecule has 8 heterocycles. The fourth-order valence-electron chi connectivity index (χ4n) is 11.5. The van der Waals surface area contributed by atoms with Crippen molar-refractivity contribution in [2.75, 3.05) is 90.0 Å². The molecule has 4 N–H and O–H groups in total. The molecule has 0 saturated carbocycles. The van der Waals surface area contributed by atoms with Gasteiger partial charge in [0.15, 0.2) is 0 Å². The molecular formula is C65H88N14O6. The van der Waals surface area contributed by atoms with Crippen LogP contribution < -0.4 is 35.9 Å². The number of hydrogen-bond donors (Lipinski definition) is 4. The van der Waals surface area contributed by atoms with Gasteiger partial charge in [0.25, 0.3) is 11.8 Å². The van der Waals surface area contributed by atoms with Gasteiger partial charge in [0.05, 0.1) is 19.2 Å². The summed E-state index contributed by atoms with van der Waals surface area (Å²) < 4.78 is 22.9. The minimum Gasteiger partial charge on any atom is -0.480 e. The van der Waals surface area contributed by atoms with Crippen LogP contribution in [0.25, 0.3) is 44.1 Å². The van der Waals surface area contributed by atoms with E-state index in [9.17, 15) is 14.4 Å². The van der Waals surface area contributed by atoms with Crippen molar-refractivity contribution in [3.05, 3.63) is 118 Å². The zero-order valence-corrected chi connectivity index (χ0v) is 52.6. The maximum absolute atomic E-state index is 13.9. The highest BCUT2D eigenvalue weighted by atomic mass is 16.6. The molecular weight excluding hydrogens is 1070 g/mol. The highest BCUT2D eigenvalue weighted by Crippen LogP contribution is 2.36. The molecule has 3 aliphatic rings. The van der Waals surface area contributed by atoms with E-state index in [1.165, 1.54) is 0 Å². The minimum atomic E-state index is -0.518. The number of aryl methyl sites for hydroxylation is 3. The standard InChI is InChI=1S/C35H47N7O4.C30H41N7O2/c1-10-23(3)42-21-22(2)31-27(32(43)37-20-28-24(4)39(8)38-33(28)45-9)17-26(18-29(31)42)25-11-12-30(36-19-25)40-13-15-41(16-14-40)34(44)46-35(5,6)7;1-7-20(3)37-18-19(2)28-24(29(38)33-17-25-21(4)35(5)34-30(25)39-6)14-23(15-26(28)37)22-8-9-27(32-16-22)36-12-10-31-11-13-36/h11-12,17-19,21,23H,10,13-16,20H2,1-9H3,(H,37,43);8-9,14-16,18,20,30-31,34H,7,10-13,17H2,1-6H3,(H,33,38). The van der Waals surface area contributed by atoms with Gasteiger partial charge in [-0.25, -0.2) is 20.2 Å². The number of fused-ring (bicyclic) bond motifs is 2. The van der Waals surface area contributed by atoms with Crippen molar-refractivity contribution >= 4 is 51.3 Å². The summed E-state index contributed by atoms with van der Waals surface area (Å²) in [4.78, 5) is 56.0. The van der Waals surface area contributed by atoms with Crippen molar-refractivity contribution in [2.24, 2.45) is 7.05 Å². The number of benzene rings is 2. The topological polar surface area (TPSA) is 193 Å². The maximum atomic E-state index is 13.9. The lowest BCUT2D eigenvalue weighted by Gasteiger charge is -2.36. The van der Waals surface area contributed by atoms with Gasteiger partial charge in [-0.15, -0.1) is 5.10 Å². The predicted molar refractivity (Wildman–Crippen MR) is 337 cm³/mol. The molecule has 2 aromatic carbocycles. The number of hydrazine groups is 1. The number of nitrogens with zero attached hydrogens (tertiary/aromatic N) is 10. The number of nitrogens with one attached hydrogen (secondary N) is 4. The molecule has 2 fully saturated rings. The lowest BCUT2D eigenvalue weighted by molar-refractivity contribution is 0.0240. The van der Waals surface area contributed by atoms with Crippen LogP contribution in [0.4, 0.5) is 16.4 Å². The summed E-state index contributed by atoms with van der Waals surface area (Å²) in [6.45, 7) is 29.6. The predicted octanol–water partition coefficient (Wildman–Crippen LogP) is 9.84. The Bertz CT molecular complexity index is 3560. The zero-order chi connectivity index (χ0) is 61.0. The van der Waals surface area contributed by atoms with E-state index >= 15 is 0 Å². The molecule has 454 valence electrons. The van der Waals surface area contributed by atoms with Gasteiger partial charge in [-0.2, -0.15) is 0 Å². The van der Waals surface area contributed by atoms with Gasteiger partial charge >= 0.3 is 6.09 Å². The first kappa shape index (κ1) is 61.6. The molecule has 85 heavy (non-hydrogen) atoms. The number of hydrogen-bond acceptors (Lipinski definition) is 14. The average molecular weight is 1160 g/mol. The summed E-state index contributed by atoms with van der Waals surface area (Å²) in [7, 11) is 7.07. The Labute approximate surface area is 500 Å². The molecule has 3 amide bonds. The minimum absolute atomic E-state index is 0.0954. The van der Waals surface area contributed by atoms with E-state index in [0.717, 1.165) is 128 Å². The van der Waals surface area contributed by atoms with E-state index in [4.69, 9.17) is 24.2 Å². The number of anilines is 2. The molecule has 3 atom stereocenters. The van der Waals surface area contributed by atoms with Gasteiger partial charge in [-0.3, -0.25) is 14.3 Å². The number of pyridine rings is 2. The Morgan fingerprint density at radius 2 is 1.20 bits per heavy atom. The fourth-order valence-corrected chi connectivity index (χ4v) is 11.5. The molecule has 20 heteroatoms. The second kappa shape index (κ2) is 26.1. The van der Waals surface area contributed by atoms with E-state index in [0.29, 0.717) is 62.3 Å². The summed E-state index contributed by atoms with van der Waals surface area (Å²) in [5.74, 6) is 2.10. The van der Waals surface area contributed by atoms with Crippen molar-refractivity contribution in [1.29, 1.82) is 0 Å². The largest absolute Gasteiger partial charge is 0.480 e. The summed E-state index contributed by atoms with van der Waals surface area (Å²) in [6.07, 6.45) is 9.55. The molecule has 10 rings (SSSR count). The molecule has 0 spiro atoms. The smallest absolute Gasteiger partial charge is 0.410 e. The van der Waals surface area contributed by atoms with Gasteiger partial charge in [-0.1, -0.05) is 13.8 Å². The van der Waals surface area contributed by atoms with Crippen LogP contribution in [0, 0.1) is 20.8 Å². The summed E-state index contributed by atoms with van der Waals surface area (Å²) in [5, 5.41) is 18.0. The number of rotatable bonds is 16. The summed E-state index contributed by atoms with van der Waals surface area (Å²) >= 11 is 0. The van der Waals surface area contributed by atoms with Crippen molar-refractivity contribution in [3.63, 3.8) is 0 Å². The van der Waals surface area contributed by atoms with Crippen LogP contribution >= 0.6 is 0 Å². The lowest BCUT2D eigenvalue weighted by atomic mass is 9.98. The lowest BCUT2D eigenvalue weighted by Crippen LogP contribution is -2.50. The van der Waals surface area contributed by atoms with E-state index in [-0.39, 0.29) is 30.2 Å². The Morgan fingerprint density at radius 3 is 1.66 bits per heavy atom. The number of allylic oxidation sites excluding steroid dienone is 1. The molecule has 5 aromatic heterocycles. The highest BCUT2D eigenvalue weighted by Gasteiger charge is 2.30. The molecule has 20 nitrogen and oxygen atoms in total. The normalized spacial score (nSPS) is 16.4. The SMILES string of the molecule is CCC(C)n1cc(C)c2c(C(=O)NCC3=C(C)N(C)NC3OC)cc(-c3ccc(N4CCNCC4)nc3)cc21.CCC(C)n1cc(C)c2c(C(=O)NCc3c(OC)nn(C)c3C)cc(-c3ccc(N4CCN(C(=O)OC(C)(C)C)CC4)nc3)cc21. The second-order valence-corrected chi connectivity index (χ2v) is 23.8. The maximum Gasteiger partial charge on any atom is 0.410 e. The van der Waals surface area contributed by atoms with Crippen molar-refractivity contribution < 1.29 is 28.6 Å². The van der Waals surface area contributed by atoms with Gasteiger partial charge in [-0.05, 0) is 146 Å². The Hall–Kier alpha value is -7.94. The van der Waals surface area contributed by atoms with Gasteiger partial charge in [0.1, 0.15) is 23.5 Å². The van der Waals surface area contributed by atoms with Gasteiger partial charge < -0.3 is 59.0 Å². The quantitative estimate of drug-likeness (QED) is 0.0714. The number of methoxy groups -OCH3 is 2. The number of aromatic nitrogens is 6. The molecule has 0 aliphatic carbocycles. The van der Waals surface area contributed by atoms with Gasteiger partial charge in [0, 0.05) is 178 Å². The molecule has 7 aromatic rings. The second-order valence-electron chi connectivity index (χ2n) is 23.8. The molecule has 0 radical (unpaired) electrons. The van der Waals surface area contributed by atoms with Crippen LogP contribution in [0.5, 0.6) is 5.88 Å². The van der Waals surface area contributed by atoms with E-state index in [1.54, 1.807) is 23.8 Å². The first-order chi connectivity index (χ1) is 40.6. The zero-order valence-electron chi connectivity index (χ0n) is 52.6. The number of piperazine rings is 2. The van der Waals surface area contributed by atoms with Crippen LogP contribution in [-0.4, -0.2) is 149 Å². The number of carbonyl (C=O) groups excluding carboxylic acids is 3. The van der Waals surface area contributed by atoms with Crippen LogP contribution in [0.2, 0.25) is 0 Å². The number of ether oxygens (including phenoxy) is 3. The van der Waals surface area contributed by atoms with Crippen LogP contribution in [0.15, 0.2) is 84.6 Å². The first-order valence-corrected chi connectivity index (χ1v) is 29.9. The highest BCUT2D eigenvalue weighted by molar-refractivity contribution is 6.10. The van der Waals surface area contributed by atoms with Gasteiger partial charge in [0.2, 0.25) is 5.88 Å². The fraction of sp³-hybridized carbons (Fsp3) is 0.477. The molecule has 3 unspecified atom stereocenters. The number of amides is 3. The summed E-state index contributed by atoms with van der Waals surface area (Å²) in [6, 6.07) is 17.2. The Kier molecular flexibility index (Phi) is 18.9. The van der Waals surface area contributed by atoms with Crippen LogP contribution in [0.3, 0.4) is 0 Å². The van der Waals surface area contributed by atoms with E-state index in [1.807, 2.05) is 84.3 Å². The van der Waals surface area contributed by atoms with Crippen molar-refractivity contribution in [1.82, 2.24) is 60.2 Å². The molecule has 2 saturated heterocycles. The summed E-state index contributed by atoms with van der Waals surface area (Å²) in [5.41, 5.74) is 16.0.